The van der Waals surface area contributed by atoms with Crippen LogP contribution in [-0.4, -0.2) is 42.1 Å². The van der Waals surface area contributed by atoms with Gasteiger partial charge in [-0.2, -0.15) is 0 Å². The van der Waals surface area contributed by atoms with E-state index >= 15 is 0 Å². The molecule has 1 amide bonds. The molecule has 2 rings (SSSR count). The first-order valence-corrected chi connectivity index (χ1v) is 7.54. The molecule has 6 heteroatoms. The van der Waals surface area contributed by atoms with E-state index in [-0.39, 0.29) is 11.8 Å². The standard InChI is InChI=1S/C13H21N3O2S/c1-10(2)13(17)14-7-12-15-11(9-19-12)8-16-3-5-18-6-4-16/h9-10H,3-8H2,1-2H3,(H,14,17). The Bertz CT molecular complexity index is 414. The molecule has 0 radical (unpaired) electrons. The van der Waals surface area contributed by atoms with Crippen molar-refractivity contribution in [2.45, 2.75) is 26.9 Å². The fourth-order valence-corrected chi connectivity index (χ4v) is 2.58. The highest BCUT2D eigenvalue weighted by Gasteiger charge is 2.13. The normalized spacial score (nSPS) is 16.8. The van der Waals surface area contributed by atoms with E-state index in [0.717, 1.165) is 43.5 Å². The Morgan fingerprint density at radius 3 is 2.95 bits per heavy atom. The lowest BCUT2D eigenvalue weighted by Crippen LogP contribution is -2.35. The maximum absolute atomic E-state index is 11.5. The summed E-state index contributed by atoms with van der Waals surface area (Å²) in [6.07, 6.45) is 0. The van der Waals surface area contributed by atoms with Crippen molar-refractivity contribution in [1.82, 2.24) is 15.2 Å². The third kappa shape index (κ3) is 4.56. The number of nitrogens with one attached hydrogen (secondary N) is 1. The summed E-state index contributed by atoms with van der Waals surface area (Å²) in [4.78, 5) is 18.4. The van der Waals surface area contributed by atoms with Crippen molar-refractivity contribution in [3.63, 3.8) is 0 Å². The topological polar surface area (TPSA) is 54.5 Å². The number of amides is 1. The monoisotopic (exact) mass is 283 g/mol. The largest absolute Gasteiger partial charge is 0.379 e. The Balaban J connectivity index is 1.79. The van der Waals surface area contributed by atoms with Crippen LogP contribution in [0.25, 0.3) is 0 Å². The Hall–Kier alpha value is -0.980. The minimum absolute atomic E-state index is 0.0211. The molecule has 0 aliphatic carbocycles. The van der Waals surface area contributed by atoms with Crippen molar-refractivity contribution in [2.75, 3.05) is 26.3 Å². The number of hydrogen-bond donors (Lipinski definition) is 1. The molecule has 0 aromatic carbocycles. The number of rotatable bonds is 5. The Kier molecular flexibility index (Phi) is 5.30. The van der Waals surface area contributed by atoms with Crippen molar-refractivity contribution in [3.05, 3.63) is 16.1 Å². The van der Waals surface area contributed by atoms with Gasteiger partial charge in [0.05, 0.1) is 25.5 Å². The molecular formula is C13H21N3O2S. The molecule has 0 atom stereocenters. The molecule has 2 heterocycles. The van der Waals surface area contributed by atoms with Crippen molar-refractivity contribution in [1.29, 1.82) is 0 Å². The van der Waals surface area contributed by atoms with Gasteiger partial charge in [0, 0.05) is 30.9 Å². The molecular weight excluding hydrogens is 262 g/mol. The van der Waals surface area contributed by atoms with Gasteiger partial charge < -0.3 is 10.1 Å². The summed E-state index contributed by atoms with van der Waals surface area (Å²) in [5, 5.41) is 5.94. The van der Waals surface area contributed by atoms with Gasteiger partial charge in [0.25, 0.3) is 0 Å². The number of morpholine rings is 1. The zero-order valence-electron chi connectivity index (χ0n) is 11.5. The lowest BCUT2D eigenvalue weighted by molar-refractivity contribution is -0.124. The number of carbonyl (C=O) groups is 1. The highest BCUT2D eigenvalue weighted by molar-refractivity contribution is 7.09. The van der Waals surface area contributed by atoms with Gasteiger partial charge in [0.2, 0.25) is 5.91 Å². The highest BCUT2D eigenvalue weighted by Crippen LogP contribution is 2.12. The molecule has 0 spiro atoms. The van der Waals surface area contributed by atoms with E-state index in [1.165, 1.54) is 0 Å². The van der Waals surface area contributed by atoms with Crippen LogP contribution in [0, 0.1) is 5.92 Å². The van der Waals surface area contributed by atoms with E-state index in [9.17, 15) is 4.79 Å². The molecule has 19 heavy (non-hydrogen) atoms. The lowest BCUT2D eigenvalue weighted by Gasteiger charge is -2.25. The first kappa shape index (κ1) is 14.4. The summed E-state index contributed by atoms with van der Waals surface area (Å²) in [5.41, 5.74) is 1.08. The van der Waals surface area contributed by atoms with Crippen molar-refractivity contribution < 1.29 is 9.53 Å². The number of nitrogens with zero attached hydrogens (tertiary/aromatic N) is 2. The minimum atomic E-state index is 0.0211. The van der Waals surface area contributed by atoms with E-state index in [2.05, 4.69) is 20.6 Å². The first-order valence-electron chi connectivity index (χ1n) is 6.66. The zero-order chi connectivity index (χ0) is 13.7. The summed E-state index contributed by atoms with van der Waals surface area (Å²) in [6.45, 7) is 8.74. The van der Waals surface area contributed by atoms with Gasteiger partial charge in [-0.15, -0.1) is 11.3 Å². The van der Waals surface area contributed by atoms with E-state index in [4.69, 9.17) is 4.74 Å². The first-order chi connectivity index (χ1) is 9.15. The van der Waals surface area contributed by atoms with E-state index in [1.54, 1.807) is 11.3 Å². The maximum Gasteiger partial charge on any atom is 0.222 e. The van der Waals surface area contributed by atoms with Gasteiger partial charge in [-0.1, -0.05) is 13.8 Å². The van der Waals surface area contributed by atoms with Crippen LogP contribution in [0.1, 0.15) is 24.5 Å². The Labute approximate surface area is 118 Å². The second kappa shape index (κ2) is 6.98. The summed E-state index contributed by atoms with van der Waals surface area (Å²) >= 11 is 1.61. The molecule has 106 valence electrons. The van der Waals surface area contributed by atoms with Crippen LogP contribution in [0.5, 0.6) is 0 Å². The van der Waals surface area contributed by atoms with Crippen molar-refractivity contribution in [2.24, 2.45) is 5.92 Å². The van der Waals surface area contributed by atoms with Crippen LogP contribution in [0.4, 0.5) is 0 Å². The molecule has 1 aliphatic heterocycles. The molecule has 1 saturated heterocycles. The van der Waals surface area contributed by atoms with Crippen LogP contribution in [0.2, 0.25) is 0 Å². The van der Waals surface area contributed by atoms with Gasteiger partial charge in [-0.25, -0.2) is 4.98 Å². The highest BCUT2D eigenvalue weighted by atomic mass is 32.1. The fraction of sp³-hybridized carbons (Fsp3) is 0.692. The van der Waals surface area contributed by atoms with Crippen LogP contribution >= 0.6 is 11.3 Å². The molecule has 1 N–H and O–H groups in total. The quantitative estimate of drug-likeness (QED) is 0.883. The van der Waals surface area contributed by atoms with Gasteiger partial charge in [-0.3, -0.25) is 9.69 Å². The summed E-state index contributed by atoms with van der Waals surface area (Å²) in [6, 6.07) is 0. The van der Waals surface area contributed by atoms with Gasteiger partial charge in [0.15, 0.2) is 0 Å². The van der Waals surface area contributed by atoms with Gasteiger partial charge in [0.1, 0.15) is 5.01 Å². The summed E-state index contributed by atoms with van der Waals surface area (Å²) < 4.78 is 5.32. The average Bonchev–Trinajstić information content (AvgIpc) is 2.84. The van der Waals surface area contributed by atoms with Crippen LogP contribution in [0.15, 0.2) is 5.38 Å². The van der Waals surface area contributed by atoms with Crippen LogP contribution in [0.3, 0.4) is 0 Å². The lowest BCUT2D eigenvalue weighted by atomic mass is 10.2. The Morgan fingerprint density at radius 1 is 1.53 bits per heavy atom. The molecule has 1 aromatic heterocycles. The predicted molar refractivity (Wildman–Crippen MR) is 74.9 cm³/mol. The molecule has 1 aromatic rings. The third-order valence-corrected chi connectivity index (χ3v) is 3.92. The van der Waals surface area contributed by atoms with E-state index < -0.39 is 0 Å². The van der Waals surface area contributed by atoms with Gasteiger partial charge >= 0.3 is 0 Å². The maximum atomic E-state index is 11.5. The van der Waals surface area contributed by atoms with E-state index in [0.29, 0.717) is 6.54 Å². The van der Waals surface area contributed by atoms with Crippen LogP contribution < -0.4 is 5.32 Å². The molecule has 0 unspecified atom stereocenters. The average molecular weight is 283 g/mol. The zero-order valence-corrected chi connectivity index (χ0v) is 12.3. The number of thiazole rings is 1. The number of hydrogen-bond acceptors (Lipinski definition) is 5. The molecule has 5 nitrogen and oxygen atoms in total. The Morgan fingerprint density at radius 2 is 2.26 bits per heavy atom. The van der Waals surface area contributed by atoms with Crippen LogP contribution in [-0.2, 0) is 22.6 Å². The second-order valence-corrected chi connectivity index (χ2v) is 5.94. The summed E-state index contributed by atoms with van der Waals surface area (Å²) in [5.74, 6) is 0.0951. The predicted octanol–water partition coefficient (Wildman–Crippen LogP) is 1.25. The number of carbonyl (C=O) groups excluding carboxylic acids is 1. The van der Waals surface area contributed by atoms with Crippen molar-refractivity contribution in [3.8, 4) is 0 Å². The smallest absolute Gasteiger partial charge is 0.222 e. The third-order valence-electron chi connectivity index (χ3n) is 3.03. The van der Waals surface area contributed by atoms with E-state index in [1.807, 2.05) is 13.8 Å². The van der Waals surface area contributed by atoms with Crippen molar-refractivity contribution >= 4 is 17.2 Å². The molecule has 1 aliphatic rings. The minimum Gasteiger partial charge on any atom is -0.379 e. The molecule has 0 bridgehead atoms. The molecule has 0 saturated carbocycles. The number of ether oxygens (including phenoxy) is 1. The molecule has 1 fully saturated rings. The second-order valence-electron chi connectivity index (χ2n) is 4.99. The SMILES string of the molecule is CC(C)C(=O)NCc1nc(CN2CCOCC2)cs1. The number of aromatic nitrogens is 1. The summed E-state index contributed by atoms with van der Waals surface area (Å²) in [7, 11) is 0. The van der Waals surface area contributed by atoms with Gasteiger partial charge in [-0.05, 0) is 0 Å². The fourth-order valence-electron chi connectivity index (χ4n) is 1.86.